The van der Waals surface area contributed by atoms with Gasteiger partial charge in [0.15, 0.2) is 0 Å². The standard InChI is InChI=1S/C22H31N5O3/c1-2-30-22(29)26-13-11-25(12-14-26)21(28)16-24-9-7-18(8-10-24)15-27-17-23-19-5-3-4-6-20(19)27/h3-6,17-18H,2,7-16H2,1H3. The lowest BCUT2D eigenvalue weighted by Gasteiger charge is -2.36. The van der Waals surface area contributed by atoms with Crippen LogP contribution in [-0.4, -0.2) is 88.7 Å². The highest BCUT2D eigenvalue weighted by Gasteiger charge is 2.27. The molecule has 1 aromatic carbocycles. The zero-order chi connectivity index (χ0) is 20.9. The number of nitrogens with zero attached hydrogens (tertiary/aromatic N) is 5. The quantitative estimate of drug-likeness (QED) is 0.750. The van der Waals surface area contributed by atoms with E-state index < -0.39 is 0 Å². The Morgan fingerprint density at radius 1 is 1.03 bits per heavy atom. The van der Waals surface area contributed by atoms with Gasteiger partial charge in [-0.25, -0.2) is 9.78 Å². The van der Waals surface area contributed by atoms with Crippen LogP contribution in [0.4, 0.5) is 4.79 Å². The molecule has 2 aromatic rings. The topological polar surface area (TPSA) is 70.9 Å². The van der Waals surface area contributed by atoms with Crippen LogP contribution in [0.15, 0.2) is 30.6 Å². The first kappa shape index (κ1) is 20.7. The van der Waals surface area contributed by atoms with Gasteiger partial charge in [-0.15, -0.1) is 0 Å². The minimum atomic E-state index is -0.280. The molecular formula is C22H31N5O3. The van der Waals surface area contributed by atoms with E-state index in [-0.39, 0.29) is 12.0 Å². The fourth-order valence-corrected chi connectivity index (χ4v) is 4.41. The molecule has 3 heterocycles. The summed E-state index contributed by atoms with van der Waals surface area (Å²) in [5, 5.41) is 0. The molecule has 0 aliphatic carbocycles. The van der Waals surface area contributed by atoms with Gasteiger partial charge < -0.3 is 19.1 Å². The highest BCUT2D eigenvalue weighted by atomic mass is 16.6. The van der Waals surface area contributed by atoms with Gasteiger partial charge in [0.2, 0.25) is 5.91 Å². The van der Waals surface area contributed by atoms with Gasteiger partial charge in [-0.1, -0.05) is 12.1 Å². The molecule has 0 radical (unpaired) electrons. The lowest BCUT2D eigenvalue weighted by atomic mass is 9.96. The summed E-state index contributed by atoms with van der Waals surface area (Å²) < 4.78 is 7.29. The molecule has 8 heteroatoms. The second-order valence-electron chi connectivity index (χ2n) is 8.17. The zero-order valence-electron chi connectivity index (χ0n) is 17.7. The maximum Gasteiger partial charge on any atom is 0.409 e. The number of imidazole rings is 1. The highest BCUT2D eigenvalue weighted by Crippen LogP contribution is 2.22. The van der Waals surface area contributed by atoms with Gasteiger partial charge in [0.25, 0.3) is 0 Å². The van der Waals surface area contributed by atoms with E-state index in [2.05, 4.69) is 26.6 Å². The third-order valence-corrected chi connectivity index (χ3v) is 6.21. The number of para-hydroxylation sites is 2. The number of likely N-dealkylation sites (tertiary alicyclic amines) is 1. The number of carbonyl (C=O) groups is 2. The molecule has 162 valence electrons. The first-order valence-corrected chi connectivity index (χ1v) is 11.0. The van der Waals surface area contributed by atoms with E-state index in [1.165, 1.54) is 5.52 Å². The van der Waals surface area contributed by atoms with E-state index in [1.807, 2.05) is 23.4 Å². The monoisotopic (exact) mass is 413 g/mol. The molecule has 0 N–H and O–H groups in total. The molecule has 2 aliphatic rings. The molecule has 30 heavy (non-hydrogen) atoms. The van der Waals surface area contributed by atoms with E-state index in [1.54, 1.807) is 11.8 Å². The third kappa shape index (κ3) is 4.75. The molecule has 2 aliphatic heterocycles. The lowest BCUT2D eigenvalue weighted by Crippen LogP contribution is -2.53. The van der Waals surface area contributed by atoms with Crippen LogP contribution in [0.2, 0.25) is 0 Å². The van der Waals surface area contributed by atoms with Crippen LogP contribution in [-0.2, 0) is 16.1 Å². The number of ether oxygens (including phenoxy) is 1. The Morgan fingerprint density at radius 2 is 1.73 bits per heavy atom. The minimum Gasteiger partial charge on any atom is -0.450 e. The fourth-order valence-electron chi connectivity index (χ4n) is 4.41. The van der Waals surface area contributed by atoms with Crippen LogP contribution < -0.4 is 0 Å². The predicted octanol–water partition coefficient (Wildman–Crippen LogP) is 2.05. The van der Waals surface area contributed by atoms with Gasteiger partial charge in [-0.2, -0.15) is 0 Å². The van der Waals surface area contributed by atoms with Gasteiger partial charge in [0.05, 0.1) is 30.5 Å². The van der Waals surface area contributed by atoms with Crippen LogP contribution in [0, 0.1) is 5.92 Å². The van der Waals surface area contributed by atoms with Crippen LogP contribution in [0.1, 0.15) is 19.8 Å². The summed E-state index contributed by atoms with van der Waals surface area (Å²) in [6, 6.07) is 8.25. The third-order valence-electron chi connectivity index (χ3n) is 6.21. The van der Waals surface area contributed by atoms with Gasteiger partial charge in [0.1, 0.15) is 0 Å². The number of piperidine rings is 1. The van der Waals surface area contributed by atoms with Gasteiger partial charge in [-0.05, 0) is 50.9 Å². The van der Waals surface area contributed by atoms with E-state index >= 15 is 0 Å². The summed E-state index contributed by atoms with van der Waals surface area (Å²) in [6.45, 7) is 7.81. The maximum atomic E-state index is 12.7. The van der Waals surface area contributed by atoms with E-state index in [0.29, 0.717) is 45.2 Å². The van der Waals surface area contributed by atoms with E-state index in [9.17, 15) is 9.59 Å². The summed E-state index contributed by atoms with van der Waals surface area (Å²) in [7, 11) is 0. The molecule has 2 saturated heterocycles. The van der Waals surface area contributed by atoms with Gasteiger partial charge in [-0.3, -0.25) is 9.69 Å². The van der Waals surface area contributed by atoms with E-state index in [4.69, 9.17) is 4.74 Å². The molecule has 0 saturated carbocycles. The number of benzene rings is 1. The van der Waals surface area contributed by atoms with Crippen molar-refractivity contribution >= 4 is 23.0 Å². The second kappa shape index (κ2) is 9.47. The Bertz CT molecular complexity index is 867. The van der Waals surface area contributed by atoms with Crippen LogP contribution in [0.25, 0.3) is 11.0 Å². The van der Waals surface area contributed by atoms with Crippen molar-refractivity contribution in [3.8, 4) is 0 Å². The van der Waals surface area contributed by atoms with Crippen molar-refractivity contribution in [1.29, 1.82) is 0 Å². The summed E-state index contributed by atoms with van der Waals surface area (Å²) in [6.07, 6.45) is 3.85. The Morgan fingerprint density at radius 3 is 2.47 bits per heavy atom. The Hall–Kier alpha value is -2.61. The van der Waals surface area contributed by atoms with Crippen LogP contribution >= 0.6 is 0 Å². The van der Waals surface area contributed by atoms with Gasteiger partial charge >= 0.3 is 6.09 Å². The number of hydrogen-bond donors (Lipinski definition) is 0. The Kier molecular flexibility index (Phi) is 6.52. The molecule has 1 aromatic heterocycles. The van der Waals surface area contributed by atoms with Crippen molar-refractivity contribution in [2.75, 3.05) is 52.4 Å². The number of rotatable bonds is 5. The zero-order valence-corrected chi connectivity index (χ0v) is 17.7. The van der Waals surface area contributed by atoms with Crippen molar-refractivity contribution in [3.05, 3.63) is 30.6 Å². The average molecular weight is 414 g/mol. The molecule has 0 atom stereocenters. The first-order chi connectivity index (χ1) is 14.6. The lowest BCUT2D eigenvalue weighted by molar-refractivity contribution is -0.134. The largest absolute Gasteiger partial charge is 0.450 e. The van der Waals surface area contributed by atoms with Crippen molar-refractivity contribution < 1.29 is 14.3 Å². The summed E-state index contributed by atoms with van der Waals surface area (Å²) in [5.74, 6) is 0.777. The number of aromatic nitrogens is 2. The number of fused-ring (bicyclic) bond motifs is 1. The van der Waals surface area contributed by atoms with Crippen molar-refractivity contribution in [1.82, 2.24) is 24.3 Å². The maximum absolute atomic E-state index is 12.7. The normalized spacial score (nSPS) is 18.7. The molecule has 0 spiro atoms. The van der Waals surface area contributed by atoms with Gasteiger partial charge in [0, 0.05) is 32.7 Å². The molecule has 0 unspecified atom stereocenters. The molecule has 2 amide bonds. The first-order valence-electron chi connectivity index (χ1n) is 11.0. The molecule has 8 nitrogen and oxygen atoms in total. The molecule has 4 rings (SSSR count). The van der Waals surface area contributed by atoms with Crippen molar-refractivity contribution in [2.45, 2.75) is 26.3 Å². The Labute approximate surface area is 177 Å². The minimum absolute atomic E-state index is 0.164. The molecular weight excluding hydrogens is 382 g/mol. The Balaban J connectivity index is 1.20. The van der Waals surface area contributed by atoms with Crippen molar-refractivity contribution in [3.63, 3.8) is 0 Å². The second-order valence-corrected chi connectivity index (χ2v) is 8.17. The van der Waals surface area contributed by atoms with Crippen LogP contribution in [0.5, 0.6) is 0 Å². The predicted molar refractivity (Wildman–Crippen MR) is 114 cm³/mol. The summed E-state index contributed by atoms with van der Waals surface area (Å²) in [4.78, 5) is 34.8. The fraction of sp³-hybridized carbons (Fsp3) is 0.591. The number of amides is 2. The van der Waals surface area contributed by atoms with Crippen LogP contribution in [0.3, 0.4) is 0 Å². The number of hydrogen-bond acceptors (Lipinski definition) is 5. The average Bonchev–Trinajstić information content (AvgIpc) is 3.18. The highest BCUT2D eigenvalue weighted by molar-refractivity contribution is 5.79. The molecule has 2 fully saturated rings. The number of carbonyl (C=O) groups excluding carboxylic acids is 2. The summed E-state index contributed by atoms with van der Waals surface area (Å²) >= 11 is 0. The molecule has 0 bridgehead atoms. The number of piperazine rings is 1. The van der Waals surface area contributed by atoms with E-state index in [0.717, 1.165) is 38.0 Å². The van der Waals surface area contributed by atoms with Crippen molar-refractivity contribution in [2.24, 2.45) is 5.92 Å². The summed E-state index contributed by atoms with van der Waals surface area (Å²) in [5.41, 5.74) is 2.24. The smallest absolute Gasteiger partial charge is 0.409 e. The SMILES string of the molecule is CCOC(=O)N1CCN(C(=O)CN2CCC(Cn3cnc4ccccc43)CC2)CC1.